The zero-order valence-electron chi connectivity index (χ0n) is 12.0. The molecule has 0 aliphatic carbocycles. The van der Waals surface area contributed by atoms with Crippen molar-refractivity contribution in [3.63, 3.8) is 0 Å². The summed E-state index contributed by atoms with van der Waals surface area (Å²) < 4.78 is 8.53. The molecular formula is C15H19BrN4O. The molecule has 1 aliphatic rings. The fourth-order valence-corrected chi connectivity index (χ4v) is 3.29. The Balaban J connectivity index is 2.00. The molecule has 0 spiro atoms. The first-order valence-electron chi connectivity index (χ1n) is 7.17. The third-order valence-corrected chi connectivity index (χ3v) is 4.37. The first kappa shape index (κ1) is 14.6. The van der Waals surface area contributed by atoms with Gasteiger partial charge in [-0.3, -0.25) is 10.5 Å². The van der Waals surface area contributed by atoms with Gasteiger partial charge in [-0.2, -0.15) is 5.10 Å². The maximum Gasteiger partial charge on any atom is 0.122 e. The lowest BCUT2D eigenvalue weighted by atomic mass is 10.0. The Hall–Kier alpha value is -1.37. The Morgan fingerprint density at radius 2 is 2.38 bits per heavy atom. The number of hydrogen-bond donors (Lipinski definition) is 2. The lowest BCUT2D eigenvalue weighted by molar-refractivity contribution is 0.356. The van der Waals surface area contributed by atoms with Crippen LogP contribution in [0.4, 0.5) is 0 Å². The van der Waals surface area contributed by atoms with Gasteiger partial charge in [-0.1, -0.05) is 13.0 Å². The second-order valence-electron chi connectivity index (χ2n) is 5.17. The van der Waals surface area contributed by atoms with Crippen LogP contribution in [0.15, 0.2) is 28.9 Å². The monoisotopic (exact) mass is 350 g/mol. The molecule has 0 bridgehead atoms. The number of ether oxygens (including phenoxy) is 1. The quantitative estimate of drug-likeness (QED) is 0.642. The number of rotatable bonds is 5. The minimum Gasteiger partial charge on any atom is -0.493 e. The van der Waals surface area contributed by atoms with E-state index in [2.05, 4.69) is 45.5 Å². The van der Waals surface area contributed by atoms with Crippen LogP contribution in [0.2, 0.25) is 0 Å². The van der Waals surface area contributed by atoms with E-state index >= 15 is 0 Å². The van der Waals surface area contributed by atoms with Crippen molar-refractivity contribution in [1.29, 1.82) is 0 Å². The summed E-state index contributed by atoms with van der Waals surface area (Å²) in [5.41, 5.74) is 6.34. The van der Waals surface area contributed by atoms with Gasteiger partial charge in [-0.15, -0.1) is 0 Å². The molecule has 5 nitrogen and oxygen atoms in total. The minimum absolute atomic E-state index is 0.0978. The summed E-state index contributed by atoms with van der Waals surface area (Å²) in [4.78, 5) is 0. The summed E-state index contributed by atoms with van der Waals surface area (Å²) in [6.07, 6.45) is 3.80. The first-order chi connectivity index (χ1) is 10.2. The molecule has 1 aromatic heterocycles. The molecule has 0 saturated heterocycles. The second kappa shape index (κ2) is 6.17. The Labute approximate surface area is 132 Å². The highest BCUT2D eigenvalue weighted by Gasteiger charge is 2.22. The number of fused-ring (bicyclic) bond motifs is 1. The van der Waals surface area contributed by atoms with Crippen molar-refractivity contribution < 1.29 is 4.74 Å². The largest absolute Gasteiger partial charge is 0.493 e. The highest BCUT2D eigenvalue weighted by atomic mass is 79.9. The number of aryl methyl sites for hydroxylation is 1. The van der Waals surface area contributed by atoms with Crippen LogP contribution in [0.3, 0.4) is 0 Å². The smallest absolute Gasteiger partial charge is 0.122 e. The van der Waals surface area contributed by atoms with E-state index in [0.717, 1.165) is 47.5 Å². The lowest BCUT2D eigenvalue weighted by Gasteiger charge is -2.19. The summed E-state index contributed by atoms with van der Waals surface area (Å²) in [5, 5.41) is 4.42. The van der Waals surface area contributed by atoms with Crippen molar-refractivity contribution >= 4 is 15.9 Å². The van der Waals surface area contributed by atoms with Crippen molar-refractivity contribution in [3.05, 3.63) is 45.7 Å². The molecule has 21 heavy (non-hydrogen) atoms. The average Bonchev–Trinajstić information content (AvgIpc) is 3.09. The van der Waals surface area contributed by atoms with Gasteiger partial charge in [-0.05, 0) is 45.6 Å². The fourth-order valence-electron chi connectivity index (χ4n) is 2.77. The van der Waals surface area contributed by atoms with E-state index in [0.29, 0.717) is 0 Å². The molecule has 3 rings (SSSR count). The van der Waals surface area contributed by atoms with Crippen LogP contribution in [-0.2, 0) is 13.0 Å². The van der Waals surface area contributed by atoms with Gasteiger partial charge >= 0.3 is 0 Å². The van der Waals surface area contributed by atoms with Gasteiger partial charge in [-0.25, -0.2) is 5.43 Å². The summed E-state index contributed by atoms with van der Waals surface area (Å²) in [6, 6.07) is 6.16. The van der Waals surface area contributed by atoms with E-state index in [-0.39, 0.29) is 6.04 Å². The Morgan fingerprint density at radius 3 is 3.14 bits per heavy atom. The zero-order valence-corrected chi connectivity index (χ0v) is 13.6. The zero-order chi connectivity index (χ0) is 14.8. The molecule has 1 atom stereocenters. The minimum atomic E-state index is -0.0978. The van der Waals surface area contributed by atoms with Crippen LogP contribution in [0.1, 0.15) is 36.2 Å². The SMILES string of the molecule is CCCn1ncc(Br)c1C(NN)c1ccc2c(c1)CCO2. The van der Waals surface area contributed by atoms with Crippen molar-refractivity contribution in [3.8, 4) is 5.75 Å². The number of nitrogens with one attached hydrogen (secondary N) is 1. The van der Waals surface area contributed by atoms with Gasteiger partial charge < -0.3 is 4.74 Å². The third-order valence-electron chi connectivity index (χ3n) is 3.76. The van der Waals surface area contributed by atoms with Gasteiger partial charge in [0, 0.05) is 13.0 Å². The van der Waals surface area contributed by atoms with Crippen molar-refractivity contribution in [2.75, 3.05) is 6.61 Å². The Kier molecular flexibility index (Phi) is 4.28. The molecule has 112 valence electrons. The van der Waals surface area contributed by atoms with E-state index in [1.54, 1.807) is 0 Å². The summed E-state index contributed by atoms with van der Waals surface area (Å²) in [5.74, 6) is 6.81. The van der Waals surface area contributed by atoms with E-state index < -0.39 is 0 Å². The second-order valence-corrected chi connectivity index (χ2v) is 6.02. The molecule has 0 saturated carbocycles. The van der Waals surface area contributed by atoms with E-state index in [9.17, 15) is 0 Å². The van der Waals surface area contributed by atoms with Crippen LogP contribution >= 0.6 is 15.9 Å². The normalized spacial score (nSPS) is 14.8. The topological polar surface area (TPSA) is 65.1 Å². The standard InChI is InChI=1S/C15H19BrN4O/c1-2-6-20-15(12(16)9-18-20)14(19-17)11-3-4-13-10(8-11)5-7-21-13/h3-4,8-9,14,19H,2,5-7,17H2,1H3. The molecule has 6 heteroatoms. The van der Waals surface area contributed by atoms with Crippen molar-refractivity contribution in [2.24, 2.45) is 5.84 Å². The lowest BCUT2D eigenvalue weighted by Crippen LogP contribution is -2.31. The summed E-state index contributed by atoms with van der Waals surface area (Å²) >= 11 is 3.58. The van der Waals surface area contributed by atoms with Crippen LogP contribution in [-0.4, -0.2) is 16.4 Å². The molecule has 0 radical (unpaired) electrons. The Morgan fingerprint density at radius 1 is 1.52 bits per heavy atom. The van der Waals surface area contributed by atoms with Gasteiger partial charge in [0.05, 0.1) is 29.0 Å². The highest BCUT2D eigenvalue weighted by Crippen LogP contribution is 2.32. The molecule has 1 aliphatic heterocycles. The maximum absolute atomic E-state index is 5.83. The van der Waals surface area contributed by atoms with Crippen molar-refractivity contribution in [2.45, 2.75) is 32.4 Å². The van der Waals surface area contributed by atoms with Crippen LogP contribution < -0.4 is 16.0 Å². The number of hydrogen-bond acceptors (Lipinski definition) is 4. The highest BCUT2D eigenvalue weighted by molar-refractivity contribution is 9.10. The molecule has 3 N–H and O–H groups in total. The summed E-state index contributed by atoms with van der Waals surface area (Å²) in [6.45, 7) is 3.76. The average molecular weight is 351 g/mol. The molecular weight excluding hydrogens is 332 g/mol. The predicted octanol–water partition coefficient (Wildman–Crippen LogP) is 2.54. The van der Waals surface area contributed by atoms with Crippen LogP contribution in [0, 0.1) is 0 Å². The van der Waals surface area contributed by atoms with E-state index in [1.165, 1.54) is 5.56 Å². The number of aromatic nitrogens is 2. The number of hydrazine groups is 1. The maximum atomic E-state index is 5.83. The third kappa shape index (κ3) is 2.71. The molecule has 1 aromatic carbocycles. The van der Waals surface area contributed by atoms with Crippen LogP contribution in [0.25, 0.3) is 0 Å². The molecule has 2 heterocycles. The van der Waals surface area contributed by atoms with Crippen molar-refractivity contribution in [1.82, 2.24) is 15.2 Å². The number of benzene rings is 1. The number of nitrogens with zero attached hydrogens (tertiary/aromatic N) is 2. The summed E-state index contributed by atoms with van der Waals surface area (Å²) in [7, 11) is 0. The molecule has 0 amide bonds. The van der Waals surface area contributed by atoms with Gasteiger partial charge in [0.1, 0.15) is 5.75 Å². The van der Waals surface area contributed by atoms with Gasteiger partial charge in [0.15, 0.2) is 0 Å². The molecule has 2 aromatic rings. The van der Waals surface area contributed by atoms with E-state index in [1.807, 2.05) is 16.9 Å². The Bertz CT molecular complexity index is 641. The first-order valence-corrected chi connectivity index (χ1v) is 7.96. The number of halogens is 1. The van der Waals surface area contributed by atoms with Gasteiger partial charge in [0.2, 0.25) is 0 Å². The predicted molar refractivity (Wildman–Crippen MR) is 85.0 cm³/mol. The fraction of sp³-hybridized carbons (Fsp3) is 0.400. The number of nitrogens with two attached hydrogens (primary N) is 1. The van der Waals surface area contributed by atoms with Crippen LogP contribution in [0.5, 0.6) is 5.75 Å². The van der Waals surface area contributed by atoms with E-state index in [4.69, 9.17) is 10.6 Å². The molecule has 1 unspecified atom stereocenters. The molecule has 0 fully saturated rings. The van der Waals surface area contributed by atoms with Gasteiger partial charge in [0.25, 0.3) is 0 Å².